The van der Waals surface area contributed by atoms with E-state index in [1.165, 1.54) is 5.56 Å². The standard InChI is InChI=1S/C15H22BrNO2/c1-4-18-15-7-14(16)6-5-13(15)10-17-8-11(2)19-12(3)9-17/h5-7,11-12H,4,8-10H2,1-3H3. The second-order valence-corrected chi connectivity index (χ2v) is 6.05. The Morgan fingerprint density at radius 3 is 2.63 bits per heavy atom. The zero-order valence-corrected chi connectivity index (χ0v) is 13.4. The number of hydrogen-bond acceptors (Lipinski definition) is 3. The molecule has 1 aromatic carbocycles. The van der Waals surface area contributed by atoms with Crippen LogP contribution in [0.5, 0.6) is 5.75 Å². The molecule has 1 fully saturated rings. The van der Waals surface area contributed by atoms with Gasteiger partial charge in [-0.05, 0) is 32.9 Å². The smallest absolute Gasteiger partial charge is 0.124 e. The first-order chi connectivity index (χ1) is 9.08. The average Bonchev–Trinajstić information content (AvgIpc) is 2.32. The summed E-state index contributed by atoms with van der Waals surface area (Å²) in [4.78, 5) is 2.44. The Morgan fingerprint density at radius 1 is 1.32 bits per heavy atom. The highest BCUT2D eigenvalue weighted by Gasteiger charge is 2.22. The number of hydrogen-bond donors (Lipinski definition) is 0. The van der Waals surface area contributed by atoms with Gasteiger partial charge in [0.05, 0.1) is 18.8 Å². The second kappa shape index (κ2) is 6.73. The van der Waals surface area contributed by atoms with Gasteiger partial charge >= 0.3 is 0 Å². The zero-order chi connectivity index (χ0) is 13.8. The van der Waals surface area contributed by atoms with Crippen molar-refractivity contribution >= 4 is 15.9 Å². The van der Waals surface area contributed by atoms with E-state index >= 15 is 0 Å². The third-order valence-electron chi connectivity index (χ3n) is 3.22. The summed E-state index contributed by atoms with van der Waals surface area (Å²) in [6, 6.07) is 6.26. The molecule has 2 unspecified atom stereocenters. The summed E-state index contributed by atoms with van der Waals surface area (Å²) in [7, 11) is 0. The van der Waals surface area contributed by atoms with Crippen molar-refractivity contribution in [2.75, 3.05) is 19.7 Å². The molecule has 0 bridgehead atoms. The van der Waals surface area contributed by atoms with Crippen LogP contribution in [0.1, 0.15) is 26.3 Å². The van der Waals surface area contributed by atoms with Gasteiger partial charge in [0.25, 0.3) is 0 Å². The predicted molar refractivity (Wildman–Crippen MR) is 80.6 cm³/mol. The lowest BCUT2D eigenvalue weighted by Crippen LogP contribution is -2.44. The van der Waals surface area contributed by atoms with Crippen LogP contribution >= 0.6 is 15.9 Å². The molecule has 2 rings (SSSR count). The Labute approximate surface area is 124 Å². The first-order valence-corrected chi connectivity index (χ1v) is 7.66. The Bertz CT molecular complexity index is 415. The van der Waals surface area contributed by atoms with Gasteiger partial charge in [-0.1, -0.05) is 22.0 Å². The molecule has 106 valence electrons. The highest BCUT2D eigenvalue weighted by molar-refractivity contribution is 9.10. The fraction of sp³-hybridized carbons (Fsp3) is 0.600. The highest BCUT2D eigenvalue weighted by Crippen LogP contribution is 2.26. The number of morpholine rings is 1. The van der Waals surface area contributed by atoms with E-state index in [2.05, 4.69) is 46.8 Å². The molecule has 0 amide bonds. The number of halogens is 1. The molecule has 0 spiro atoms. The first kappa shape index (κ1) is 14.8. The average molecular weight is 328 g/mol. The van der Waals surface area contributed by atoms with E-state index in [1.807, 2.05) is 13.0 Å². The summed E-state index contributed by atoms with van der Waals surface area (Å²) in [6.07, 6.45) is 0.601. The third kappa shape index (κ3) is 4.20. The van der Waals surface area contributed by atoms with Gasteiger partial charge in [-0.15, -0.1) is 0 Å². The maximum atomic E-state index is 5.77. The maximum absolute atomic E-state index is 5.77. The van der Waals surface area contributed by atoms with Gasteiger partial charge in [0.15, 0.2) is 0 Å². The Kier molecular flexibility index (Phi) is 5.25. The molecule has 1 aliphatic rings. The van der Waals surface area contributed by atoms with Crippen LogP contribution in [0.3, 0.4) is 0 Å². The molecular formula is C15H22BrNO2. The molecule has 0 radical (unpaired) electrons. The van der Waals surface area contributed by atoms with Crippen LogP contribution < -0.4 is 4.74 Å². The van der Waals surface area contributed by atoms with Gasteiger partial charge in [-0.25, -0.2) is 0 Å². The quantitative estimate of drug-likeness (QED) is 0.845. The van der Waals surface area contributed by atoms with E-state index in [1.54, 1.807) is 0 Å². The summed E-state index contributed by atoms with van der Waals surface area (Å²) in [6.45, 7) is 9.85. The summed E-state index contributed by atoms with van der Waals surface area (Å²) < 4.78 is 12.6. The van der Waals surface area contributed by atoms with E-state index in [0.29, 0.717) is 18.8 Å². The molecule has 1 heterocycles. The summed E-state index contributed by atoms with van der Waals surface area (Å²) in [5, 5.41) is 0. The van der Waals surface area contributed by atoms with Crippen molar-refractivity contribution < 1.29 is 9.47 Å². The number of ether oxygens (including phenoxy) is 2. The van der Waals surface area contributed by atoms with E-state index in [0.717, 1.165) is 29.9 Å². The Balaban J connectivity index is 2.09. The Hall–Kier alpha value is -0.580. The zero-order valence-electron chi connectivity index (χ0n) is 11.9. The van der Waals surface area contributed by atoms with Crippen LogP contribution in [-0.2, 0) is 11.3 Å². The SMILES string of the molecule is CCOc1cc(Br)ccc1CN1CC(C)OC(C)C1. The topological polar surface area (TPSA) is 21.7 Å². The Morgan fingerprint density at radius 2 is 2.00 bits per heavy atom. The van der Waals surface area contributed by atoms with Gasteiger partial charge < -0.3 is 9.47 Å². The van der Waals surface area contributed by atoms with Crippen LogP contribution in [0.15, 0.2) is 22.7 Å². The van der Waals surface area contributed by atoms with Crippen LogP contribution in [0, 0.1) is 0 Å². The minimum Gasteiger partial charge on any atom is -0.494 e. The normalized spacial score (nSPS) is 24.4. The van der Waals surface area contributed by atoms with Crippen molar-refractivity contribution in [1.82, 2.24) is 4.90 Å². The van der Waals surface area contributed by atoms with E-state index < -0.39 is 0 Å². The van der Waals surface area contributed by atoms with Crippen LogP contribution in [0.2, 0.25) is 0 Å². The molecule has 2 atom stereocenters. The van der Waals surface area contributed by atoms with Crippen molar-refractivity contribution in [2.24, 2.45) is 0 Å². The van der Waals surface area contributed by atoms with Crippen molar-refractivity contribution in [3.05, 3.63) is 28.2 Å². The lowest BCUT2D eigenvalue weighted by Gasteiger charge is -2.35. The van der Waals surface area contributed by atoms with Gasteiger partial charge in [0.2, 0.25) is 0 Å². The van der Waals surface area contributed by atoms with Crippen LogP contribution in [-0.4, -0.2) is 36.8 Å². The predicted octanol–water partition coefficient (Wildman–Crippen LogP) is 3.46. The van der Waals surface area contributed by atoms with Crippen molar-refractivity contribution in [2.45, 2.75) is 39.5 Å². The molecule has 0 aromatic heterocycles. The van der Waals surface area contributed by atoms with Crippen molar-refractivity contribution in [3.63, 3.8) is 0 Å². The summed E-state index contributed by atoms with van der Waals surface area (Å²) >= 11 is 3.50. The molecular weight excluding hydrogens is 306 g/mol. The maximum Gasteiger partial charge on any atom is 0.124 e. The minimum atomic E-state index is 0.301. The van der Waals surface area contributed by atoms with Crippen molar-refractivity contribution in [3.8, 4) is 5.75 Å². The molecule has 1 aliphatic heterocycles. The third-order valence-corrected chi connectivity index (χ3v) is 3.71. The van der Waals surface area contributed by atoms with Crippen LogP contribution in [0.4, 0.5) is 0 Å². The fourth-order valence-corrected chi connectivity index (χ4v) is 2.94. The lowest BCUT2D eigenvalue weighted by molar-refractivity contribution is -0.0706. The number of nitrogens with zero attached hydrogens (tertiary/aromatic N) is 1. The van der Waals surface area contributed by atoms with Gasteiger partial charge in [0.1, 0.15) is 5.75 Å². The van der Waals surface area contributed by atoms with E-state index in [4.69, 9.17) is 9.47 Å². The monoisotopic (exact) mass is 327 g/mol. The van der Waals surface area contributed by atoms with Gasteiger partial charge in [0, 0.05) is 29.7 Å². The fourth-order valence-electron chi connectivity index (χ4n) is 2.60. The highest BCUT2D eigenvalue weighted by atomic mass is 79.9. The molecule has 1 saturated heterocycles. The van der Waals surface area contributed by atoms with E-state index in [9.17, 15) is 0 Å². The number of rotatable bonds is 4. The van der Waals surface area contributed by atoms with Gasteiger partial charge in [-0.2, -0.15) is 0 Å². The largest absolute Gasteiger partial charge is 0.494 e. The molecule has 3 nitrogen and oxygen atoms in total. The van der Waals surface area contributed by atoms with E-state index in [-0.39, 0.29) is 0 Å². The lowest BCUT2D eigenvalue weighted by atomic mass is 10.1. The molecule has 0 saturated carbocycles. The summed E-state index contributed by atoms with van der Waals surface area (Å²) in [5.41, 5.74) is 1.24. The second-order valence-electron chi connectivity index (χ2n) is 5.14. The molecule has 1 aromatic rings. The number of benzene rings is 1. The first-order valence-electron chi connectivity index (χ1n) is 6.87. The summed E-state index contributed by atoms with van der Waals surface area (Å²) in [5.74, 6) is 0.976. The van der Waals surface area contributed by atoms with Gasteiger partial charge in [-0.3, -0.25) is 4.90 Å². The van der Waals surface area contributed by atoms with Crippen molar-refractivity contribution in [1.29, 1.82) is 0 Å². The molecule has 0 aliphatic carbocycles. The molecule has 4 heteroatoms. The molecule has 0 N–H and O–H groups in total. The minimum absolute atomic E-state index is 0.301. The molecule has 19 heavy (non-hydrogen) atoms. The van der Waals surface area contributed by atoms with Crippen LogP contribution in [0.25, 0.3) is 0 Å².